The van der Waals surface area contributed by atoms with E-state index in [-0.39, 0.29) is 5.82 Å². The maximum absolute atomic E-state index is 13.1. The van der Waals surface area contributed by atoms with Crippen molar-refractivity contribution in [1.29, 1.82) is 0 Å². The highest BCUT2D eigenvalue weighted by Gasteiger charge is 2.18. The lowest BCUT2D eigenvalue weighted by molar-refractivity contribution is 0.624. The van der Waals surface area contributed by atoms with Crippen LogP contribution in [0.3, 0.4) is 0 Å². The third-order valence-electron chi connectivity index (χ3n) is 4.83. The first-order chi connectivity index (χ1) is 13.7. The lowest BCUT2D eigenvalue weighted by atomic mass is 10.2. The van der Waals surface area contributed by atoms with Gasteiger partial charge >= 0.3 is 0 Å². The number of hydrogen-bond donors (Lipinski definition) is 1. The average Bonchev–Trinajstić information content (AvgIpc) is 2.74. The number of nitrogens with one attached hydrogen (secondary N) is 1. The minimum atomic E-state index is -0.208. The number of nitrogens with zero attached hydrogens (tertiary/aromatic N) is 4. The summed E-state index contributed by atoms with van der Waals surface area (Å²) in [5, 5.41) is 3.97. The molecule has 2 heterocycles. The van der Waals surface area contributed by atoms with Gasteiger partial charge in [-0.1, -0.05) is 29.8 Å². The molecule has 28 heavy (non-hydrogen) atoms. The van der Waals surface area contributed by atoms with E-state index in [0.717, 1.165) is 48.3 Å². The van der Waals surface area contributed by atoms with Crippen LogP contribution in [0.1, 0.15) is 5.56 Å². The molecule has 1 aliphatic heterocycles. The molecule has 1 fully saturated rings. The Morgan fingerprint density at radius 2 is 1.64 bits per heavy atom. The van der Waals surface area contributed by atoms with Crippen LogP contribution < -0.4 is 15.1 Å². The van der Waals surface area contributed by atoms with Crippen molar-refractivity contribution in [3.63, 3.8) is 0 Å². The Kier molecular flexibility index (Phi) is 5.58. The van der Waals surface area contributed by atoms with Crippen molar-refractivity contribution in [2.24, 2.45) is 0 Å². The van der Waals surface area contributed by atoms with E-state index in [1.54, 1.807) is 6.20 Å². The number of piperazine rings is 1. The molecule has 0 saturated carbocycles. The Labute approximate surface area is 168 Å². The number of hydrogen-bond acceptors (Lipinski definition) is 5. The zero-order valence-electron chi connectivity index (χ0n) is 15.4. The molecule has 1 aromatic heterocycles. The van der Waals surface area contributed by atoms with E-state index in [1.807, 2.05) is 42.5 Å². The Morgan fingerprint density at radius 3 is 2.39 bits per heavy atom. The van der Waals surface area contributed by atoms with Gasteiger partial charge in [0.25, 0.3) is 0 Å². The molecular formula is C21H21ClFN5. The predicted octanol–water partition coefficient (Wildman–Crippen LogP) is 4.21. The van der Waals surface area contributed by atoms with Crippen LogP contribution in [0.5, 0.6) is 0 Å². The van der Waals surface area contributed by atoms with Crippen LogP contribution >= 0.6 is 11.6 Å². The van der Waals surface area contributed by atoms with Crippen LogP contribution in [0.25, 0.3) is 0 Å². The largest absolute Gasteiger partial charge is 0.368 e. The number of aromatic nitrogens is 2. The summed E-state index contributed by atoms with van der Waals surface area (Å²) in [5.74, 6) is 1.27. The van der Waals surface area contributed by atoms with E-state index >= 15 is 0 Å². The standard InChI is InChI=1S/C21H21ClFN5/c22-19-4-2-1-3-16(19)15-25-21-24-10-9-20(26-21)28-13-11-27(12-14-28)18-7-5-17(23)6-8-18/h1-10H,11-15H2,(H,24,25,26). The van der Waals surface area contributed by atoms with Crippen molar-refractivity contribution in [3.05, 3.63) is 77.2 Å². The molecule has 1 saturated heterocycles. The number of anilines is 3. The monoisotopic (exact) mass is 397 g/mol. The van der Waals surface area contributed by atoms with Gasteiger partial charge < -0.3 is 15.1 Å². The van der Waals surface area contributed by atoms with Crippen molar-refractivity contribution in [1.82, 2.24) is 9.97 Å². The fraction of sp³-hybridized carbons (Fsp3) is 0.238. The second-order valence-corrected chi connectivity index (χ2v) is 7.04. The summed E-state index contributed by atoms with van der Waals surface area (Å²) in [6.07, 6.45) is 1.77. The lowest BCUT2D eigenvalue weighted by Crippen LogP contribution is -2.46. The van der Waals surface area contributed by atoms with Gasteiger partial charge in [0.1, 0.15) is 11.6 Å². The smallest absolute Gasteiger partial charge is 0.224 e. The summed E-state index contributed by atoms with van der Waals surface area (Å²) >= 11 is 6.20. The van der Waals surface area contributed by atoms with E-state index < -0.39 is 0 Å². The fourth-order valence-corrected chi connectivity index (χ4v) is 3.47. The topological polar surface area (TPSA) is 44.3 Å². The summed E-state index contributed by atoms with van der Waals surface area (Å²) in [6, 6.07) is 16.3. The average molecular weight is 398 g/mol. The van der Waals surface area contributed by atoms with Crippen molar-refractivity contribution < 1.29 is 4.39 Å². The van der Waals surface area contributed by atoms with Crippen LogP contribution in [-0.2, 0) is 6.54 Å². The molecule has 0 aliphatic carbocycles. The Morgan fingerprint density at radius 1 is 0.929 bits per heavy atom. The van der Waals surface area contributed by atoms with E-state index in [0.29, 0.717) is 12.5 Å². The van der Waals surface area contributed by atoms with Crippen LogP contribution in [0.4, 0.5) is 21.8 Å². The SMILES string of the molecule is Fc1ccc(N2CCN(c3ccnc(NCc4ccccc4Cl)n3)CC2)cc1. The minimum absolute atomic E-state index is 0.208. The van der Waals surface area contributed by atoms with Crippen molar-refractivity contribution >= 4 is 29.1 Å². The summed E-state index contributed by atoms with van der Waals surface area (Å²) < 4.78 is 13.1. The maximum atomic E-state index is 13.1. The highest BCUT2D eigenvalue weighted by molar-refractivity contribution is 6.31. The Bertz CT molecular complexity index is 926. The van der Waals surface area contributed by atoms with Crippen molar-refractivity contribution in [2.75, 3.05) is 41.3 Å². The molecule has 0 radical (unpaired) electrons. The Hall–Kier alpha value is -2.86. The predicted molar refractivity (Wildman–Crippen MR) is 112 cm³/mol. The van der Waals surface area contributed by atoms with Gasteiger partial charge in [-0.25, -0.2) is 9.37 Å². The molecule has 0 atom stereocenters. The third kappa shape index (κ3) is 4.34. The van der Waals surface area contributed by atoms with Gasteiger partial charge in [0.15, 0.2) is 0 Å². The van der Waals surface area contributed by atoms with Crippen molar-refractivity contribution in [3.8, 4) is 0 Å². The van der Waals surface area contributed by atoms with Gasteiger partial charge in [0.2, 0.25) is 5.95 Å². The fourth-order valence-electron chi connectivity index (χ4n) is 3.27. The Balaban J connectivity index is 1.37. The van der Waals surface area contributed by atoms with E-state index in [1.165, 1.54) is 12.1 Å². The molecule has 0 spiro atoms. The second kappa shape index (κ2) is 8.44. The quantitative estimate of drug-likeness (QED) is 0.698. The first-order valence-electron chi connectivity index (χ1n) is 9.25. The molecule has 1 aliphatic rings. The molecule has 0 bridgehead atoms. The molecule has 7 heteroatoms. The summed E-state index contributed by atoms with van der Waals surface area (Å²) in [7, 11) is 0. The van der Waals surface area contributed by atoms with Gasteiger partial charge in [0, 0.05) is 49.6 Å². The molecule has 3 aromatic rings. The van der Waals surface area contributed by atoms with Gasteiger partial charge in [-0.2, -0.15) is 4.98 Å². The number of rotatable bonds is 5. The van der Waals surface area contributed by atoms with Gasteiger partial charge in [0.05, 0.1) is 0 Å². The lowest BCUT2D eigenvalue weighted by Gasteiger charge is -2.36. The molecule has 144 valence electrons. The number of benzene rings is 2. The molecule has 5 nitrogen and oxygen atoms in total. The highest BCUT2D eigenvalue weighted by atomic mass is 35.5. The van der Waals surface area contributed by atoms with E-state index in [9.17, 15) is 4.39 Å². The van der Waals surface area contributed by atoms with E-state index in [2.05, 4.69) is 25.1 Å². The zero-order valence-corrected chi connectivity index (χ0v) is 16.1. The second-order valence-electron chi connectivity index (χ2n) is 6.63. The highest BCUT2D eigenvalue weighted by Crippen LogP contribution is 2.21. The van der Waals surface area contributed by atoms with Crippen molar-refractivity contribution in [2.45, 2.75) is 6.54 Å². The van der Waals surface area contributed by atoms with Crippen LogP contribution in [0, 0.1) is 5.82 Å². The molecule has 0 amide bonds. The minimum Gasteiger partial charge on any atom is -0.368 e. The van der Waals surface area contributed by atoms with E-state index in [4.69, 9.17) is 11.6 Å². The first kappa shape index (κ1) is 18.5. The molecule has 4 rings (SSSR count). The van der Waals surface area contributed by atoms with Gasteiger partial charge in [-0.3, -0.25) is 0 Å². The van der Waals surface area contributed by atoms with Crippen LogP contribution in [0.15, 0.2) is 60.8 Å². The normalized spacial score (nSPS) is 14.2. The van der Waals surface area contributed by atoms with Gasteiger partial charge in [-0.15, -0.1) is 0 Å². The molecule has 1 N–H and O–H groups in total. The zero-order chi connectivity index (χ0) is 19.3. The van der Waals surface area contributed by atoms with Gasteiger partial charge in [-0.05, 0) is 42.0 Å². The first-order valence-corrected chi connectivity index (χ1v) is 9.62. The van der Waals surface area contributed by atoms with Crippen LogP contribution in [0.2, 0.25) is 5.02 Å². The molecular weight excluding hydrogens is 377 g/mol. The third-order valence-corrected chi connectivity index (χ3v) is 5.20. The van der Waals surface area contributed by atoms with Crippen LogP contribution in [-0.4, -0.2) is 36.1 Å². The summed E-state index contributed by atoms with van der Waals surface area (Å²) in [6.45, 7) is 3.98. The molecule has 2 aromatic carbocycles. The summed E-state index contributed by atoms with van der Waals surface area (Å²) in [5.41, 5.74) is 2.05. The summed E-state index contributed by atoms with van der Waals surface area (Å²) in [4.78, 5) is 13.5. The maximum Gasteiger partial charge on any atom is 0.224 e. The molecule has 0 unspecified atom stereocenters. The number of halogens is 2.